The Morgan fingerprint density at radius 3 is 2.25 bits per heavy atom. The van der Waals surface area contributed by atoms with Gasteiger partial charge in [0.1, 0.15) is 5.75 Å². The highest BCUT2D eigenvalue weighted by molar-refractivity contribution is 7.88. The highest BCUT2D eigenvalue weighted by Gasteiger charge is 2.13. The number of primary sulfonamides is 1. The molecule has 0 radical (unpaired) electrons. The summed E-state index contributed by atoms with van der Waals surface area (Å²) in [4.78, 5) is 0. The fourth-order valence-electron chi connectivity index (χ4n) is 1.08. The van der Waals surface area contributed by atoms with Gasteiger partial charge < -0.3 is 4.18 Å². The maximum atomic E-state index is 10.9. The molecule has 0 fully saturated rings. The average Bonchev–Trinajstić information content (AvgIpc) is 2.03. The summed E-state index contributed by atoms with van der Waals surface area (Å²) in [5.74, 6) is -0.502. The Balaban J connectivity index is 3.11. The number of para-hydroxylation sites is 1. The molecule has 0 spiro atoms. The number of benzene rings is 1. The van der Waals surface area contributed by atoms with Crippen LogP contribution in [0.2, 0.25) is 0 Å². The van der Waals surface area contributed by atoms with Crippen molar-refractivity contribution in [3.05, 3.63) is 29.8 Å². The summed E-state index contributed by atoms with van der Waals surface area (Å²) in [6.45, 7) is 0. The monoisotopic (exact) mass is 265 g/mol. The maximum absolute atomic E-state index is 10.9. The minimum atomic E-state index is -3.73. The lowest BCUT2D eigenvalue weighted by molar-refractivity contribution is 0.490. The first-order valence-corrected chi connectivity index (χ1v) is 7.68. The zero-order valence-corrected chi connectivity index (χ0v) is 10.1. The van der Waals surface area contributed by atoms with E-state index in [1.807, 2.05) is 0 Å². The van der Waals surface area contributed by atoms with Crippen LogP contribution in [0.3, 0.4) is 0 Å². The molecular formula is C8H11NO5S2. The molecule has 1 aromatic rings. The molecule has 0 amide bonds. The van der Waals surface area contributed by atoms with E-state index >= 15 is 0 Å². The highest BCUT2D eigenvalue weighted by atomic mass is 32.2. The Morgan fingerprint density at radius 1 is 1.19 bits per heavy atom. The van der Waals surface area contributed by atoms with Gasteiger partial charge in [0.2, 0.25) is 10.0 Å². The van der Waals surface area contributed by atoms with Crippen molar-refractivity contribution in [2.24, 2.45) is 5.14 Å². The van der Waals surface area contributed by atoms with Crippen molar-refractivity contribution >= 4 is 20.1 Å². The number of hydrogen-bond acceptors (Lipinski definition) is 5. The molecule has 0 aromatic heterocycles. The number of rotatable bonds is 4. The fraction of sp³-hybridized carbons (Fsp3) is 0.250. The van der Waals surface area contributed by atoms with Crippen molar-refractivity contribution in [2.45, 2.75) is 5.75 Å². The SMILES string of the molecule is CS(=O)(=O)Oc1ccccc1CS(N)(=O)=O. The zero-order chi connectivity index (χ0) is 12.4. The molecule has 0 saturated carbocycles. The topological polar surface area (TPSA) is 104 Å². The minimum Gasteiger partial charge on any atom is -0.382 e. The summed E-state index contributed by atoms with van der Waals surface area (Å²) < 4.78 is 48.2. The third-order valence-electron chi connectivity index (χ3n) is 1.57. The van der Waals surface area contributed by atoms with Gasteiger partial charge in [-0.25, -0.2) is 13.6 Å². The van der Waals surface area contributed by atoms with E-state index in [1.165, 1.54) is 18.2 Å². The van der Waals surface area contributed by atoms with Gasteiger partial charge in [0, 0.05) is 5.56 Å². The molecule has 0 atom stereocenters. The second kappa shape index (κ2) is 4.40. The van der Waals surface area contributed by atoms with Crippen LogP contribution in [0.15, 0.2) is 24.3 Å². The van der Waals surface area contributed by atoms with Crippen LogP contribution in [0, 0.1) is 0 Å². The van der Waals surface area contributed by atoms with Gasteiger partial charge in [-0.2, -0.15) is 8.42 Å². The van der Waals surface area contributed by atoms with Gasteiger partial charge in [0.15, 0.2) is 0 Å². The number of nitrogens with two attached hydrogens (primary N) is 1. The van der Waals surface area contributed by atoms with Crippen LogP contribution in [-0.4, -0.2) is 23.1 Å². The molecule has 8 heteroatoms. The van der Waals surface area contributed by atoms with E-state index < -0.39 is 25.9 Å². The van der Waals surface area contributed by atoms with E-state index in [0.29, 0.717) is 0 Å². The zero-order valence-electron chi connectivity index (χ0n) is 8.45. The van der Waals surface area contributed by atoms with Crippen LogP contribution in [0.25, 0.3) is 0 Å². The molecule has 1 aromatic carbocycles. The lowest BCUT2D eigenvalue weighted by Gasteiger charge is -2.07. The summed E-state index contributed by atoms with van der Waals surface area (Å²) in [6.07, 6.45) is 0.876. The van der Waals surface area contributed by atoms with E-state index in [-0.39, 0.29) is 11.3 Å². The second-order valence-electron chi connectivity index (χ2n) is 3.20. The van der Waals surface area contributed by atoms with Crippen molar-refractivity contribution in [3.8, 4) is 5.75 Å². The van der Waals surface area contributed by atoms with Gasteiger partial charge in [0.05, 0.1) is 12.0 Å². The normalized spacial score (nSPS) is 12.4. The quantitative estimate of drug-likeness (QED) is 0.760. The lowest BCUT2D eigenvalue weighted by atomic mass is 10.2. The predicted octanol–water partition coefficient (Wildman–Crippen LogP) is -0.186. The van der Waals surface area contributed by atoms with Crippen LogP contribution in [-0.2, 0) is 25.9 Å². The van der Waals surface area contributed by atoms with Crippen LogP contribution in [0.1, 0.15) is 5.56 Å². The summed E-state index contributed by atoms with van der Waals surface area (Å²) in [7, 11) is -7.42. The Bertz CT molecular complexity index is 523. The second-order valence-corrected chi connectivity index (χ2v) is 6.39. The Kier molecular flexibility index (Phi) is 3.56. The van der Waals surface area contributed by atoms with Gasteiger partial charge in [-0.3, -0.25) is 0 Å². The smallest absolute Gasteiger partial charge is 0.306 e. The first-order valence-electron chi connectivity index (χ1n) is 4.15. The predicted molar refractivity (Wildman–Crippen MR) is 58.7 cm³/mol. The first-order chi connectivity index (χ1) is 7.17. The summed E-state index contributed by atoms with van der Waals surface area (Å²) in [5.41, 5.74) is 0.204. The van der Waals surface area contributed by atoms with Crippen LogP contribution in [0.5, 0.6) is 5.75 Å². The van der Waals surface area contributed by atoms with E-state index in [4.69, 9.17) is 5.14 Å². The molecule has 0 aliphatic heterocycles. The largest absolute Gasteiger partial charge is 0.382 e. The van der Waals surface area contributed by atoms with Crippen molar-refractivity contribution in [2.75, 3.05) is 6.26 Å². The molecule has 0 heterocycles. The third kappa shape index (κ3) is 4.60. The maximum Gasteiger partial charge on any atom is 0.306 e. The molecule has 16 heavy (non-hydrogen) atoms. The first kappa shape index (κ1) is 12.9. The molecule has 1 rings (SSSR count). The Labute approximate surface area is 94.2 Å². The van der Waals surface area contributed by atoms with Crippen LogP contribution in [0.4, 0.5) is 0 Å². The summed E-state index contributed by atoms with van der Waals surface area (Å²) >= 11 is 0. The van der Waals surface area contributed by atoms with Crippen molar-refractivity contribution in [1.82, 2.24) is 0 Å². The van der Waals surface area contributed by atoms with E-state index in [1.54, 1.807) is 6.07 Å². The van der Waals surface area contributed by atoms with Gasteiger partial charge in [-0.05, 0) is 6.07 Å². The molecule has 6 nitrogen and oxygen atoms in total. The molecule has 2 N–H and O–H groups in total. The van der Waals surface area contributed by atoms with Crippen LogP contribution < -0.4 is 9.32 Å². The van der Waals surface area contributed by atoms with Crippen molar-refractivity contribution in [1.29, 1.82) is 0 Å². The molecule has 0 saturated heterocycles. The summed E-state index contributed by atoms with van der Waals surface area (Å²) in [6, 6.07) is 5.90. The highest BCUT2D eigenvalue weighted by Crippen LogP contribution is 2.20. The standard InChI is InChI=1S/C8H11NO5S2/c1-15(10,11)14-8-5-3-2-4-7(8)6-16(9,12)13/h2-5H,6H2,1H3,(H2,9,12,13). The van der Waals surface area contributed by atoms with E-state index in [0.717, 1.165) is 6.26 Å². The average molecular weight is 265 g/mol. The minimum absolute atomic E-state index is 0.0287. The lowest BCUT2D eigenvalue weighted by Crippen LogP contribution is -2.16. The van der Waals surface area contributed by atoms with Crippen LogP contribution >= 0.6 is 0 Å². The number of hydrogen-bond donors (Lipinski definition) is 1. The third-order valence-corrected chi connectivity index (χ3v) is 2.77. The Morgan fingerprint density at radius 2 is 1.75 bits per heavy atom. The molecule has 90 valence electrons. The van der Waals surface area contributed by atoms with Gasteiger partial charge >= 0.3 is 10.1 Å². The van der Waals surface area contributed by atoms with Crippen molar-refractivity contribution < 1.29 is 21.0 Å². The van der Waals surface area contributed by atoms with E-state index in [2.05, 4.69) is 4.18 Å². The van der Waals surface area contributed by atoms with Gasteiger partial charge in [0.25, 0.3) is 0 Å². The number of sulfonamides is 1. The Hall–Kier alpha value is -1.12. The fourth-order valence-corrected chi connectivity index (χ4v) is 2.24. The molecule has 0 aliphatic rings. The molecule has 0 bridgehead atoms. The van der Waals surface area contributed by atoms with Gasteiger partial charge in [-0.1, -0.05) is 18.2 Å². The molecule has 0 unspecified atom stereocenters. The molecular weight excluding hydrogens is 254 g/mol. The summed E-state index contributed by atoms with van der Waals surface area (Å²) in [5, 5.41) is 4.87. The van der Waals surface area contributed by atoms with E-state index in [9.17, 15) is 16.8 Å². The van der Waals surface area contributed by atoms with Crippen molar-refractivity contribution in [3.63, 3.8) is 0 Å². The molecule has 0 aliphatic carbocycles. The van der Waals surface area contributed by atoms with Gasteiger partial charge in [-0.15, -0.1) is 0 Å².